The Bertz CT molecular complexity index is 1350. The van der Waals surface area contributed by atoms with Crippen molar-refractivity contribution in [1.82, 2.24) is 0 Å². The molecule has 1 unspecified atom stereocenters. The number of carbonyl (C=O) groups is 3. The fourth-order valence-corrected chi connectivity index (χ4v) is 10.3. The molecule has 78 heavy (non-hydrogen) atoms. The minimum absolute atomic E-state index is 0.0710. The van der Waals surface area contributed by atoms with Gasteiger partial charge in [-0.1, -0.05) is 320 Å². The molecule has 0 aliphatic heterocycles. The van der Waals surface area contributed by atoms with E-state index in [4.69, 9.17) is 14.2 Å². The lowest BCUT2D eigenvalue weighted by Crippen LogP contribution is -2.30. The molecule has 0 aliphatic carbocycles. The van der Waals surface area contributed by atoms with Gasteiger partial charge in [-0.15, -0.1) is 0 Å². The van der Waals surface area contributed by atoms with Gasteiger partial charge in [-0.25, -0.2) is 0 Å². The van der Waals surface area contributed by atoms with E-state index in [9.17, 15) is 14.4 Å². The van der Waals surface area contributed by atoms with Crippen LogP contribution in [0.3, 0.4) is 0 Å². The molecule has 0 N–H and O–H groups in total. The predicted molar refractivity (Wildman–Crippen MR) is 339 cm³/mol. The van der Waals surface area contributed by atoms with Crippen LogP contribution in [0.4, 0.5) is 0 Å². The number of hydrogen-bond donors (Lipinski definition) is 0. The summed E-state index contributed by atoms with van der Waals surface area (Å²) in [6.45, 7) is 6.68. The molecular formula is C72H132O6. The molecule has 0 aromatic rings. The van der Waals surface area contributed by atoms with Gasteiger partial charge in [0.15, 0.2) is 6.10 Å². The molecule has 0 fully saturated rings. The van der Waals surface area contributed by atoms with Crippen molar-refractivity contribution in [1.29, 1.82) is 0 Å². The van der Waals surface area contributed by atoms with Gasteiger partial charge in [0.2, 0.25) is 0 Å². The lowest BCUT2D eigenvalue weighted by Gasteiger charge is -2.18. The molecule has 456 valence electrons. The van der Waals surface area contributed by atoms with Crippen LogP contribution >= 0.6 is 0 Å². The van der Waals surface area contributed by atoms with E-state index in [1.807, 2.05) is 0 Å². The van der Waals surface area contributed by atoms with Crippen LogP contribution in [0.5, 0.6) is 0 Å². The number of unbranched alkanes of at least 4 members (excludes halogenated alkanes) is 45. The lowest BCUT2D eigenvalue weighted by atomic mass is 10.0. The fraction of sp³-hybridized carbons (Fsp3) is 0.847. The number of allylic oxidation sites excluding steroid dienone is 8. The summed E-state index contributed by atoms with van der Waals surface area (Å²) >= 11 is 0. The standard InChI is InChI=1S/C72H132O6/c1-4-7-10-13-16-19-22-25-28-31-33-35-36-38-39-41-44-47-50-53-56-59-62-65-71(74)77-68-69(67-76-70(73)64-61-58-55-52-49-46-43-30-27-24-21-18-15-12-9-6-3)78-72(75)66-63-60-57-54-51-48-45-42-40-37-34-32-29-26-23-20-17-14-11-8-5-2/h22-23,25-26,31-34,69H,4-21,24,27-30,35-68H2,1-3H3/b25-22-,26-23-,33-31-,34-32-. The molecule has 0 bridgehead atoms. The van der Waals surface area contributed by atoms with Crippen LogP contribution in [0, 0.1) is 0 Å². The molecule has 0 rings (SSSR count). The maximum atomic E-state index is 13.0. The Hall–Kier alpha value is -2.63. The summed E-state index contributed by atoms with van der Waals surface area (Å²) in [5, 5.41) is 0. The third kappa shape index (κ3) is 64.2. The molecule has 0 radical (unpaired) electrons. The second-order valence-electron chi connectivity index (χ2n) is 23.4. The highest BCUT2D eigenvalue weighted by Crippen LogP contribution is 2.18. The number of esters is 3. The van der Waals surface area contributed by atoms with Crippen LogP contribution in [-0.2, 0) is 28.6 Å². The lowest BCUT2D eigenvalue weighted by molar-refractivity contribution is -0.167. The first kappa shape index (κ1) is 75.4. The predicted octanol–water partition coefficient (Wildman–Crippen LogP) is 23.7. The van der Waals surface area contributed by atoms with E-state index >= 15 is 0 Å². The molecule has 6 heteroatoms. The Balaban J connectivity index is 4.32. The first-order valence-corrected chi connectivity index (χ1v) is 34.6. The van der Waals surface area contributed by atoms with Crippen molar-refractivity contribution in [2.24, 2.45) is 0 Å². The van der Waals surface area contributed by atoms with E-state index in [2.05, 4.69) is 69.4 Å². The van der Waals surface area contributed by atoms with Crippen molar-refractivity contribution >= 4 is 17.9 Å². The van der Waals surface area contributed by atoms with Gasteiger partial charge in [-0.3, -0.25) is 14.4 Å². The highest BCUT2D eigenvalue weighted by Gasteiger charge is 2.19. The largest absolute Gasteiger partial charge is 0.462 e. The Morgan fingerprint density at radius 3 is 0.705 bits per heavy atom. The van der Waals surface area contributed by atoms with Gasteiger partial charge in [0.05, 0.1) is 0 Å². The molecule has 0 saturated carbocycles. The van der Waals surface area contributed by atoms with Crippen LogP contribution in [0.1, 0.15) is 374 Å². The van der Waals surface area contributed by atoms with Crippen LogP contribution in [0.15, 0.2) is 48.6 Å². The van der Waals surface area contributed by atoms with Crippen molar-refractivity contribution in [2.45, 2.75) is 380 Å². The third-order valence-electron chi connectivity index (χ3n) is 15.6. The van der Waals surface area contributed by atoms with Gasteiger partial charge in [0, 0.05) is 19.3 Å². The summed E-state index contributed by atoms with van der Waals surface area (Å²) in [5.41, 5.74) is 0. The highest BCUT2D eigenvalue weighted by atomic mass is 16.6. The van der Waals surface area contributed by atoms with Crippen LogP contribution in [-0.4, -0.2) is 37.2 Å². The van der Waals surface area contributed by atoms with E-state index in [1.165, 1.54) is 263 Å². The summed E-state index contributed by atoms with van der Waals surface area (Å²) in [5.74, 6) is -0.851. The molecule has 0 aliphatic rings. The Kier molecular flexibility index (Phi) is 64.6. The monoisotopic (exact) mass is 1090 g/mol. The summed E-state index contributed by atoms with van der Waals surface area (Å²) in [6.07, 6.45) is 84.1. The Morgan fingerprint density at radius 2 is 0.462 bits per heavy atom. The molecular weight excluding hydrogens is 961 g/mol. The number of ether oxygens (including phenoxy) is 3. The molecule has 0 amide bonds. The van der Waals surface area contributed by atoms with Crippen molar-refractivity contribution in [3.8, 4) is 0 Å². The summed E-state index contributed by atoms with van der Waals surface area (Å²) in [7, 11) is 0. The van der Waals surface area contributed by atoms with Gasteiger partial charge < -0.3 is 14.2 Å². The summed E-state index contributed by atoms with van der Waals surface area (Å²) in [4.78, 5) is 38.4. The van der Waals surface area contributed by atoms with Crippen molar-refractivity contribution in [3.05, 3.63) is 48.6 Å². The molecule has 0 spiro atoms. The second-order valence-corrected chi connectivity index (χ2v) is 23.4. The van der Waals surface area contributed by atoms with Gasteiger partial charge >= 0.3 is 17.9 Å². The number of carbonyl (C=O) groups excluding carboxylic acids is 3. The molecule has 6 nitrogen and oxygen atoms in total. The van der Waals surface area contributed by atoms with E-state index in [0.717, 1.165) is 70.6 Å². The highest BCUT2D eigenvalue weighted by molar-refractivity contribution is 5.71. The quantitative estimate of drug-likeness (QED) is 0.0261. The minimum atomic E-state index is -0.776. The smallest absolute Gasteiger partial charge is 0.306 e. The normalized spacial score (nSPS) is 12.3. The maximum Gasteiger partial charge on any atom is 0.306 e. The zero-order valence-electron chi connectivity index (χ0n) is 52.5. The molecule has 0 heterocycles. The van der Waals surface area contributed by atoms with Crippen molar-refractivity contribution in [3.63, 3.8) is 0 Å². The second kappa shape index (κ2) is 66.9. The fourth-order valence-electron chi connectivity index (χ4n) is 10.3. The summed E-state index contributed by atoms with van der Waals surface area (Å²) < 4.78 is 17.0. The number of hydrogen-bond acceptors (Lipinski definition) is 6. The number of rotatable bonds is 64. The van der Waals surface area contributed by atoms with Gasteiger partial charge in [0.1, 0.15) is 13.2 Å². The molecule has 0 aromatic heterocycles. The van der Waals surface area contributed by atoms with E-state index in [1.54, 1.807) is 0 Å². The Morgan fingerprint density at radius 1 is 0.256 bits per heavy atom. The first-order chi connectivity index (χ1) is 38.5. The molecule has 0 saturated heterocycles. The average Bonchev–Trinajstić information content (AvgIpc) is 3.44. The minimum Gasteiger partial charge on any atom is -0.462 e. The van der Waals surface area contributed by atoms with Crippen molar-refractivity contribution < 1.29 is 28.6 Å². The van der Waals surface area contributed by atoms with Gasteiger partial charge in [-0.2, -0.15) is 0 Å². The van der Waals surface area contributed by atoms with Crippen LogP contribution in [0.25, 0.3) is 0 Å². The van der Waals surface area contributed by atoms with Crippen molar-refractivity contribution in [2.75, 3.05) is 13.2 Å². The zero-order valence-corrected chi connectivity index (χ0v) is 52.5. The zero-order chi connectivity index (χ0) is 56.4. The molecule has 0 aromatic carbocycles. The van der Waals surface area contributed by atoms with Crippen LogP contribution in [0.2, 0.25) is 0 Å². The van der Waals surface area contributed by atoms with Gasteiger partial charge in [-0.05, 0) is 83.5 Å². The average molecular weight is 1090 g/mol. The SMILES string of the molecule is CCCCCCC/C=C\C/C=C\CCCCCCCCCCCCCC(=O)OCC(COC(=O)CCCCCCCCCCCCCCCCCC)OC(=O)CCCCCCCCCCC/C=C\C/C=C\CCCCCCC. The van der Waals surface area contributed by atoms with E-state index < -0.39 is 6.10 Å². The van der Waals surface area contributed by atoms with Gasteiger partial charge in [0.25, 0.3) is 0 Å². The van der Waals surface area contributed by atoms with E-state index in [-0.39, 0.29) is 31.1 Å². The third-order valence-corrected chi connectivity index (χ3v) is 15.6. The Labute approximate surface area is 486 Å². The molecule has 1 atom stereocenters. The topological polar surface area (TPSA) is 78.9 Å². The van der Waals surface area contributed by atoms with E-state index in [0.29, 0.717) is 19.3 Å². The van der Waals surface area contributed by atoms with Crippen LogP contribution < -0.4 is 0 Å². The summed E-state index contributed by atoms with van der Waals surface area (Å²) in [6, 6.07) is 0. The maximum absolute atomic E-state index is 13.0. The first-order valence-electron chi connectivity index (χ1n) is 34.6.